The summed E-state index contributed by atoms with van der Waals surface area (Å²) in [6, 6.07) is 16.5. The van der Waals surface area contributed by atoms with Gasteiger partial charge < -0.3 is 14.2 Å². The molecule has 4 rings (SSSR count). The summed E-state index contributed by atoms with van der Waals surface area (Å²) in [7, 11) is 1.52. The van der Waals surface area contributed by atoms with E-state index in [1.165, 1.54) is 7.11 Å². The maximum Gasteiger partial charge on any atom is 0.363 e. The number of carbonyl (C=O) groups excluding carboxylic acids is 1. The minimum atomic E-state index is -0.578. The molecule has 0 saturated carbocycles. The molecule has 0 N–H and O–H groups in total. The van der Waals surface area contributed by atoms with Crippen LogP contribution in [0.5, 0.6) is 11.5 Å². The Bertz CT molecular complexity index is 1290. The third kappa shape index (κ3) is 5.71. The third-order valence-electron chi connectivity index (χ3n) is 4.63. The van der Waals surface area contributed by atoms with Crippen LogP contribution >= 0.6 is 61.7 Å². The standard InChI is InChI=1S/C24H15BrCl2INO4/c1-31-21-10-14(8-19(27)22(21)32-12-13-2-4-15(25)5-3-13)9-20-24(30)33-23(29-20)17-11-16(28)6-7-18(17)26/h2-11H,12H2,1H3/b20-9-. The highest BCUT2D eigenvalue weighted by molar-refractivity contribution is 14.1. The van der Waals surface area contributed by atoms with Crippen LogP contribution in [0.15, 0.2) is 69.8 Å². The van der Waals surface area contributed by atoms with Gasteiger partial charge in [0, 0.05) is 8.04 Å². The number of nitrogens with zero attached hydrogens (tertiary/aromatic N) is 1. The van der Waals surface area contributed by atoms with Gasteiger partial charge in [-0.3, -0.25) is 0 Å². The number of benzene rings is 3. The lowest BCUT2D eigenvalue weighted by molar-refractivity contribution is -0.129. The molecule has 0 fully saturated rings. The van der Waals surface area contributed by atoms with Crippen molar-refractivity contribution in [3.63, 3.8) is 0 Å². The van der Waals surface area contributed by atoms with Crippen molar-refractivity contribution in [1.29, 1.82) is 0 Å². The molecular weight excluding hydrogens is 644 g/mol. The van der Waals surface area contributed by atoms with Crippen molar-refractivity contribution in [2.45, 2.75) is 6.61 Å². The molecule has 3 aromatic carbocycles. The van der Waals surface area contributed by atoms with Crippen LogP contribution in [0.1, 0.15) is 16.7 Å². The minimum absolute atomic E-state index is 0.126. The highest BCUT2D eigenvalue weighted by atomic mass is 127. The zero-order valence-corrected chi connectivity index (χ0v) is 22.3. The van der Waals surface area contributed by atoms with Gasteiger partial charge in [0.1, 0.15) is 6.61 Å². The van der Waals surface area contributed by atoms with E-state index < -0.39 is 5.97 Å². The van der Waals surface area contributed by atoms with Gasteiger partial charge >= 0.3 is 5.97 Å². The number of rotatable bonds is 6. The average molecular weight is 659 g/mol. The molecule has 1 aliphatic heterocycles. The fourth-order valence-corrected chi connectivity index (χ4v) is 4.27. The number of carbonyl (C=O) groups is 1. The second-order valence-corrected chi connectivity index (χ2v) is 9.89. The summed E-state index contributed by atoms with van der Waals surface area (Å²) in [5, 5.41) is 0.787. The van der Waals surface area contributed by atoms with E-state index in [2.05, 4.69) is 43.5 Å². The van der Waals surface area contributed by atoms with E-state index in [4.69, 9.17) is 37.4 Å². The molecule has 0 amide bonds. The lowest BCUT2D eigenvalue weighted by Crippen LogP contribution is -2.06. The highest BCUT2D eigenvalue weighted by Gasteiger charge is 2.26. The van der Waals surface area contributed by atoms with Gasteiger partial charge in [0.05, 0.1) is 22.7 Å². The van der Waals surface area contributed by atoms with Crippen LogP contribution in [0.2, 0.25) is 10.0 Å². The summed E-state index contributed by atoms with van der Waals surface area (Å²) in [5.41, 5.74) is 2.26. The number of hydrogen-bond acceptors (Lipinski definition) is 5. The lowest BCUT2D eigenvalue weighted by atomic mass is 10.1. The number of methoxy groups -OCH3 is 1. The minimum Gasteiger partial charge on any atom is -0.493 e. The van der Waals surface area contributed by atoms with E-state index >= 15 is 0 Å². The van der Waals surface area contributed by atoms with E-state index in [0.717, 1.165) is 13.6 Å². The summed E-state index contributed by atoms with van der Waals surface area (Å²) in [4.78, 5) is 16.7. The van der Waals surface area contributed by atoms with Gasteiger partial charge in [0.15, 0.2) is 17.2 Å². The molecule has 1 heterocycles. The van der Waals surface area contributed by atoms with Crippen LogP contribution in [0.3, 0.4) is 0 Å². The molecule has 3 aromatic rings. The Labute approximate surface area is 222 Å². The molecular formula is C24H15BrCl2INO4. The normalized spacial score (nSPS) is 14.3. The fourth-order valence-electron chi connectivity index (χ4n) is 3.04. The zero-order chi connectivity index (χ0) is 23.5. The Hall–Kier alpha value is -2.07. The molecule has 0 saturated heterocycles. The van der Waals surface area contributed by atoms with Crippen molar-refractivity contribution in [2.75, 3.05) is 7.11 Å². The first-order valence-corrected chi connectivity index (χ1v) is 12.2. The maximum absolute atomic E-state index is 12.4. The van der Waals surface area contributed by atoms with Crippen molar-refractivity contribution >= 4 is 79.7 Å². The molecule has 0 aliphatic carbocycles. The molecule has 0 radical (unpaired) electrons. The quantitative estimate of drug-likeness (QED) is 0.159. The first-order chi connectivity index (χ1) is 15.8. The second-order valence-electron chi connectivity index (χ2n) is 6.91. The third-order valence-corrected chi connectivity index (χ3v) is 6.44. The van der Waals surface area contributed by atoms with Crippen LogP contribution < -0.4 is 9.47 Å². The topological polar surface area (TPSA) is 57.1 Å². The van der Waals surface area contributed by atoms with Gasteiger partial charge in [-0.15, -0.1) is 0 Å². The van der Waals surface area contributed by atoms with Crippen molar-refractivity contribution in [3.8, 4) is 11.5 Å². The van der Waals surface area contributed by atoms with Gasteiger partial charge in [-0.2, -0.15) is 0 Å². The van der Waals surface area contributed by atoms with Crippen molar-refractivity contribution < 1.29 is 19.0 Å². The monoisotopic (exact) mass is 657 g/mol. The van der Waals surface area contributed by atoms with Crippen LogP contribution in [0, 0.1) is 3.57 Å². The van der Waals surface area contributed by atoms with Crippen molar-refractivity contribution in [1.82, 2.24) is 0 Å². The Morgan fingerprint density at radius 1 is 1.09 bits per heavy atom. The number of aliphatic imine (C=N–C) groups is 1. The predicted molar refractivity (Wildman–Crippen MR) is 141 cm³/mol. The first-order valence-electron chi connectivity index (χ1n) is 9.57. The van der Waals surface area contributed by atoms with Gasteiger partial charge in [0.25, 0.3) is 0 Å². The lowest BCUT2D eigenvalue weighted by Gasteiger charge is -2.13. The summed E-state index contributed by atoms with van der Waals surface area (Å²) < 4.78 is 18.6. The SMILES string of the molecule is COc1cc(/C=C2\N=C(c3cc(I)ccc3Cl)OC2=O)cc(Cl)c1OCc1ccc(Br)cc1. The Balaban J connectivity index is 1.60. The van der Waals surface area contributed by atoms with Crippen molar-refractivity contribution in [2.24, 2.45) is 4.99 Å². The molecule has 9 heteroatoms. The molecule has 0 atom stereocenters. The van der Waals surface area contributed by atoms with Gasteiger partial charge in [-0.25, -0.2) is 9.79 Å². The van der Waals surface area contributed by atoms with Crippen molar-refractivity contribution in [3.05, 3.63) is 95.1 Å². The summed E-state index contributed by atoms with van der Waals surface area (Å²) in [5.74, 6) is 0.420. The largest absolute Gasteiger partial charge is 0.493 e. The van der Waals surface area contributed by atoms with Crippen LogP contribution in [0.4, 0.5) is 0 Å². The molecule has 0 unspecified atom stereocenters. The van der Waals surface area contributed by atoms with Crippen LogP contribution in [-0.2, 0) is 16.1 Å². The van der Waals surface area contributed by atoms with E-state index in [0.29, 0.717) is 39.3 Å². The number of esters is 1. The van der Waals surface area contributed by atoms with Gasteiger partial charge in [0.2, 0.25) is 5.90 Å². The summed E-state index contributed by atoms with van der Waals surface area (Å²) in [6.45, 7) is 0.320. The molecule has 168 valence electrons. The zero-order valence-electron chi connectivity index (χ0n) is 17.1. The molecule has 0 spiro atoms. The van der Waals surface area contributed by atoms with E-state index in [1.54, 1.807) is 30.3 Å². The predicted octanol–water partition coefficient (Wildman–Crippen LogP) is 7.29. The molecule has 33 heavy (non-hydrogen) atoms. The number of halogens is 4. The molecule has 0 bridgehead atoms. The molecule has 0 aromatic heterocycles. The average Bonchev–Trinajstić information content (AvgIpc) is 3.15. The van der Waals surface area contributed by atoms with Crippen LogP contribution in [-0.4, -0.2) is 19.0 Å². The Morgan fingerprint density at radius 3 is 2.58 bits per heavy atom. The van der Waals surface area contributed by atoms with Gasteiger partial charge in [-0.05, 0) is 82.3 Å². The van der Waals surface area contributed by atoms with Crippen LogP contribution in [0.25, 0.3) is 6.08 Å². The molecule has 1 aliphatic rings. The number of ether oxygens (including phenoxy) is 3. The van der Waals surface area contributed by atoms with E-state index in [-0.39, 0.29) is 11.6 Å². The van der Waals surface area contributed by atoms with E-state index in [9.17, 15) is 4.79 Å². The smallest absolute Gasteiger partial charge is 0.363 e. The summed E-state index contributed by atoms with van der Waals surface area (Å²) >= 11 is 18.3. The van der Waals surface area contributed by atoms with Gasteiger partial charge in [-0.1, -0.05) is 51.3 Å². The summed E-state index contributed by atoms with van der Waals surface area (Å²) in [6.07, 6.45) is 1.57. The second kappa shape index (κ2) is 10.5. The fraction of sp³-hybridized carbons (Fsp3) is 0.0833. The number of hydrogen-bond donors (Lipinski definition) is 0. The number of cyclic esters (lactones) is 1. The maximum atomic E-state index is 12.4. The Morgan fingerprint density at radius 2 is 1.85 bits per heavy atom. The first kappa shape index (κ1) is 24.1. The molecule has 5 nitrogen and oxygen atoms in total. The highest BCUT2D eigenvalue weighted by Crippen LogP contribution is 2.38. The Kier molecular flexibility index (Phi) is 7.63. The van der Waals surface area contributed by atoms with E-state index in [1.807, 2.05) is 30.3 Å².